The van der Waals surface area contributed by atoms with Gasteiger partial charge in [0, 0.05) is 18.7 Å². The van der Waals surface area contributed by atoms with Gasteiger partial charge in [-0.3, -0.25) is 10.1 Å². The Bertz CT molecular complexity index is 629. The van der Waals surface area contributed by atoms with Crippen LogP contribution in [0.4, 0.5) is 5.69 Å². The second-order valence-electron chi connectivity index (χ2n) is 4.77. The molecule has 0 unspecified atom stereocenters. The first kappa shape index (κ1) is 14.9. The molecule has 1 aliphatic heterocycles. The van der Waals surface area contributed by atoms with E-state index in [1.165, 1.54) is 29.4 Å². The van der Waals surface area contributed by atoms with Gasteiger partial charge in [0.25, 0.3) is 15.7 Å². The molecule has 7 nitrogen and oxygen atoms in total. The van der Waals surface area contributed by atoms with Crippen molar-refractivity contribution < 1.29 is 18.4 Å². The van der Waals surface area contributed by atoms with Gasteiger partial charge in [-0.15, -0.1) is 0 Å². The topological polar surface area (TPSA) is 101 Å². The van der Waals surface area contributed by atoms with Crippen LogP contribution in [-0.2, 0) is 10.0 Å². The summed E-state index contributed by atoms with van der Waals surface area (Å²) in [6.07, 6.45) is 1.21. The number of nitro groups is 1. The van der Waals surface area contributed by atoms with E-state index in [1.807, 2.05) is 0 Å². The van der Waals surface area contributed by atoms with E-state index in [0.717, 1.165) is 0 Å². The summed E-state index contributed by atoms with van der Waals surface area (Å²) >= 11 is 0. The van der Waals surface area contributed by atoms with Gasteiger partial charge in [-0.2, -0.15) is 4.31 Å². The highest BCUT2D eigenvalue weighted by molar-refractivity contribution is 7.89. The third-order valence-electron chi connectivity index (χ3n) is 3.49. The standard InChI is InChI=1S/C12H16N2O5S/c1-9-4-2-6-11(14(16)17)12(9)20(18,19)13-7-3-5-10(13)8-15/h2,4,6,10,15H,3,5,7-8H2,1H3/t10-/m0/s1. The second-order valence-corrected chi connectivity index (χ2v) is 6.60. The number of nitrogens with zero attached hydrogens (tertiary/aromatic N) is 2. The van der Waals surface area contributed by atoms with Gasteiger partial charge in [0.05, 0.1) is 11.5 Å². The molecule has 1 heterocycles. The van der Waals surface area contributed by atoms with Crippen LogP contribution in [-0.4, -0.2) is 41.9 Å². The lowest BCUT2D eigenvalue weighted by atomic mass is 10.2. The maximum atomic E-state index is 12.7. The molecule has 1 saturated heterocycles. The number of hydrogen-bond donors (Lipinski definition) is 1. The first-order chi connectivity index (χ1) is 9.39. The molecule has 0 radical (unpaired) electrons. The summed E-state index contributed by atoms with van der Waals surface area (Å²) in [7, 11) is -3.97. The Morgan fingerprint density at radius 1 is 1.50 bits per heavy atom. The first-order valence-corrected chi connectivity index (χ1v) is 7.70. The summed E-state index contributed by atoms with van der Waals surface area (Å²) in [6, 6.07) is 3.67. The Hall–Kier alpha value is -1.51. The molecular formula is C12H16N2O5S. The quantitative estimate of drug-likeness (QED) is 0.661. The summed E-state index contributed by atoms with van der Waals surface area (Å²) in [5.41, 5.74) is -0.0867. The van der Waals surface area contributed by atoms with Crippen LogP contribution >= 0.6 is 0 Å². The van der Waals surface area contributed by atoms with Crippen LogP contribution in [0.15, 0.2) is 23.1 Å². The van der Waals surface area contributed by atoms with E-state index in [4.69, 9.17) is 0 Å². The lowest BCUT2D eigenvalue weighted by Gasteiger charge is -2.23. The Labute approximate surface area is 117 Å². The van der Waals surface area contributed by atoms with Crippen molar-refractivity contribution in [1.29, 1.82) is 0 Å². The van der Waals surface area contributed by atoms with Gasteiger partial charge in [-0.1, -0.05) is 12.1 Å². The van der Waals surface area contributed by atoms with Crippen molar-refractivity contribution in [2.24, 2.45) is 0 Å². The molecule has 0 bridgehead atoms. The highest BCUT2D eigenvalue weighted by Gasteiger charge is 2.39. The monoisotopic (exact) mass is 300 g/mol. The molecular weight excluding hydrogens is 284 g/mol. The molecule has 1 aromatic carbocycles. The SMILES string of the molecule is Cc1cccc([N+](=O)[O-])c1S(=O)(=O)N1CCC[C@H]1CO. The van der Waals surface area contributed by atoms with Crippen LogP contribution in [0.2, 0.25) is 0 Å². The van der Waals surface area contributed by atoms with Gasteiger partial charge < -0.3 is 5.11 Å². The summed E-state index contributed by atoms with van der Waals surface area (Å²) in [6.45, 7) is 1.53. The van der Waals surface area contributed by atoms with Gasteiger partial charge in [0.2, 0.25) is 0 Å². The Kier molecular flexibility index (Phi) is 4.07. The van der Waals surface area contributed by atoms with Crippen LogP contribution in [0.25, 0.3) is 0 Å². The minimum atomic E-state index is -3.97. The number of nitro benzene ring substituents is 1. The number of rotatable bonds is 4. The summed E-state index contributed by atoms with van der Waals surface area (Å²) in [5, 5.41) is 20.3. The predicted molar refractivity (Wildman–Crippen MR) is 71.8 cm³/mol. The average Bonchev–Trinajstić information content (AvgIpc) is 2.87. The fourth-order valence-electron chi connectivity index (χ4n) is 2.54. The van der Waals surface area contributed by atoms with Gasteiger partial charge in [0.15, 0.2) is 4.90 Å². The van der Waals surface area contributed by atoms with Crippen LogP contribution < -0.4 is 0 Å². The molecule has 0 aliphatic carbocycles. The first-order valence-electron chi connectivity index (χ1n) is 6.26. The number of aliphatic hydroxyl groups is 1. The smallest absolute Gasteiger partial charge is 0.289 e. The van der Waals surface area contributed by atoms with Crippen LogP contribution in [0, 0.1) is 17.0 Å². The molecule has 0 amide bonds. The van der Waals surface area contributed by atoms with Crippen molar-refractivity contribution >= 4 is 15.7 Å². The van der Waals surface area contributed by atoms with E-state index < -0.39 is 26.7 Å². The van der Waals surface area contributed by atoms with Crippen molar-refractivity contribution in [1.82, 2.24) is 4.31 Å². The molecule has 0 saturated carbocycles. The molecule has 110 valence electrons. The maximum Gasteiger partial charge on any atom is 0.289 e. The van der Waals surface area contributed by atoms with Gasteiger partial charge in [0.1, 0.15) is 0 Å². The zero-order valence-corrected chi connectivity index (χ0v) is 11.8. The van der Waals surface area contributed by atoms with Crippen molar-refractivity contribution in [3.63, 3.8) is 0 Å². The molecule has 20 heavy (non-hydrogen) atoms. The molecule has 1 aromatic rings. The molecule has 2 rings (SSSR count). The predicted octanol–water partition coefficient (Wildman–Crippen LogP) is 1.05. The molecule has 1 atom stereocenters. The number of benzene rings is 1. The highest BCUT2D eigenvalue weighted by atomic mass is 32.2. The average molecular weight is 300 g/mol. The van der Waals surface area contributed by atoms with E-state index in [9.17, 15) is 23.6 Å². The van der Waals surface area contributed by atoms with E-state index in [1.54, 1.807) is 0 Å². The Balaban J connectivity index is 2.58. The maximum absolute atomic E-state index is 12.7. The van der Waals surface area contributed by atoms with Crippen LogP contribution in [0.3, 0.4) is 0 Å². The minimum absolute atomic E-state index is 0.273. The number of aryl methyl sites for hydroxylation is 1. The van der Waals surface area contributed by atoms with Gasteiger partial charge in [-0.05, 0) is 25.3 Å². The Morgan fingerprint density at radius 2 is 2.20 bits per heavy atom. The minimum Gasteiger partial charge on any atom is -0.395 e. The van der Waals surface area contributed by atoms with Crippen molar-refractivity contribution in [2.45, 2.75) is 30.7 Å². The van der Waals surface area contributed by atoms with E-state index in [-0.39, 0.29) is 18.0 Å². The fourth-order valence-corrected chi connectivity index (χ4v) is 4.59. The largest absolute Gasteiger partial charge is 0.395 e. The summed E-state index contributed by atoms with van der Waals surface area (Å²) < 4.78 is 26.5. The summed E-state index contributed by atoms with van der Waals surface area (Å²) in [5.74, 6) is 0. The number of hydrogen-bond acceptors (Lipinski definition) is 5. The lowest BCUT2D eigenvalue weighted by molar-refractivity contribution is -0.387. The van der Waals surface area contributed by atoms with Crippen LogP contribution in [0.5, 0.6) is 0 Å². The van der Waals surface area contributed by atoms with Crippen molar-refractivity contribution in [2.75, 3.05) is 13.2 Å². The second kappa shape index (κ2) is 5.47. The van der Waals surface area contributed by atoms with E-state index in [0.29, 0.717) is 18.4 Å². The highest BCUT2D eigenvalue weighted by Crippen LogP contribution is 2.33. The zero-order valence-electron chi connectivity index (χ0n) is 11.0. The van der Waals surface area contributed by atoms with Gasteiger partial charge in [-0.25, -0.2) is 8.42 Å². The van der Waals surface area contributed by atoms with Crippen LogP contribution in [0.1, 0.15) is 18.4 Å². The molecule has 0 aromatic heterocycles. The summed E-state index contributed by atoms with van der Waals surface area (Å²) in [4.78, 5) is 10.1. The zero-order chi connectivity index (χ0) is 14.9. The third kappa shape index (κ3) is 2.41. The third-order valence-corrected chi connectivity index (χ3v) is 5.63. The molecule has 1 fully saturated rings. The van der Waals surface area contributed by atoms with Crippen molar-refractivity contribution in [3.05, 3.63) is 33.9 Å². The van der Waals surface area contributed by atoms with E-state index >= 15 is 0 Å². The normalized spacial score (nSPS) is 20.2. The number of aliphatic hydroxyl groups excluding tert-OH is 1. The lowest BCUT2D eigenvalue weighted by Crippen LogP contribution is -2.38. The van der Waals surface area contributed by atoms with E-state index in [2.05, 4.69) is 0 Å². The molecule has 8 heteroatoms. The number of sulfonamides is 1. The molecule has 0 spiro atoms. The van der Waals surface area contributed by atoms with Gasteiger partial charge >= 0.3 is 0 Å². The molecule has 1 aliphatic rings. The Morgan fingerprint density at radius 3 is 2.80 bits per heavy atom. The fraction of sp³-hybridized carbons (Fsp3) is 0.500. The van der Waals surface area contributed by atoms with Crippen molar-refractivity contribution in [3.8, 4) is 0 Å². The molecule has 1 N–H and O–H groups in total.